The number of rotatable bonds is 5. The van der Waals surface area contributed by atoms with Crippen LogP contribution in [0.4, 0.5) is 10.5 Å². The molecule has 9 heteroatoms. The van der Waals surface area contributed by atoms with Gasteiger partial charge in [0.1, 0.15) is 0 Å². The third kappa shape index (κ3) is 4.35. The van der Waals surface area contributed by atoms with Gasteiger partial charge in [-0.15, -0.1) is 0 Å². The van der Waals surface area contributed by atoms with Crippen LogP contribution < -0.4 is 10.2 Å². The zero-order valence-corrected chi connectivity index (χ0v) is 18.2. The number of nitrogens with one attached hydrogen (secondary N) is 1. The molecule has 1 N–H and O–H groups in total. The van der Waals surface area contributed by atoms with Gasteiger partial charge in [-0.3, -0.25) is 29.8 Å². The van der Waals surface area contributed by atoms with Crippen LogP contribution in [0.15, 0.2) is 42.9 Å². The molecule has 0 aromatic carbocycles. The Hall–Kier alpha value is -3.30. The third-order valence-corrected chi connectivity index (χ3v) is 6.16. The molecule has 0 aliphatic carbocycles. The number of nitrogens with zero attached hydrogens (tertiary/aromatic N) is 6. The molecule has 3 aromatic rings. The minimum absolute atomic E-state index is 0.235. The molecular weight excluding hydrogens is 406 g/mol. The molecule has 0 spiro atoms. The normalized spacial score (nSPS) is 18.3. The van der Waals surface area contributed by atoms with Crippen molar-refractivity contribution in [2.45, 2.75) is 26.4 Å². The van der Waals surface area contributed by atoms with Crippen LogP contribution in [0.25, 0.3) is 5.52 Å². The third-order valence-electron chi connectivity index (χ3n) is 6.16. The van der Waals surface area contributed by atoms with Gasteiger partial charge in [0.25, 0.3) is 0 Å². The maximum atomic E-state index is 12.3. The van der Waals surface area contributed by atoms with Gasteiger partial charge in [-0.25, -0.2) is 9.31 Å². The number of carbonyl (C=O) groups excluding carboxylic acids is 2. The van der Waals surface area contributed by atoms with Crippen molar-refractivity contribution in [1.29, 1.82) is 0 Å². The fourth-order valence-corrected chi connectivity index (χ4v) is 4.33. The first-order chi connectivity index (χ1) is 15.5. The largest absolute Gasteiger partial charge is 0.328 e. The predicted molar refractivity (Wildman–Crippen MR) is 120 cm³/mol. The number of anilines is 1. The average molecular weight is 434 g/mol. The van der Waals surface area contributed by atoms with Crippen LogP contribution in [-0.4, -0.2) is 69.1 Å². The van der Waals surface area contributed by atoms with E-state index in [1.807, 2.05) is 19.3 Å². The molecule has 3 amide bonds. The van der Waals surface area contributed by atoms with Crippen LogP contribution in [0, 0.1) is 6.92 Å². The van der Waals surface area contributed by atoms with E-state index in [9.17, 15) is 9.59 Å². The lowest BCUT2D eigenvalue weighted by atomic mass is 10.2. The number of fused-ring (bicyclic) bond motifs is 1. The number of imide groups is 1. The number of carbonyl (C=O) groups is 2. The van der Waals surface area contributed by atoms with Crippen molar-refractivity contribution in [2.24, 2.45) is 0 Å². The first-order valence-electron chi connectivity index (χ1n) is 11.0. The van der Waals surface area contributed by atoms with Crippen LogP contribution in [0.2, 0.25) is 0 Å². The molecule has 5 rings (SSSR count). The standard InChI is InChI=1S/C23H27N7O2/c1-17-2-3-19(13-24-17)16-28-10-8-27(9-11-28)15-18-4-7-30-20(12-18)21(14-25-30)29-6-5-22(31)26-23(29)32/h2-4,7,12-14H,5-6,8-11,15-16H2,1H3,(H,26,31,32). The number of urea groups is 1. The zero-order chi connectivity index (χ0) is 22.1. The van der Waals surface area contributed by atoms with E-state index in [1.165, 1.54) is 11.1 Å². The van der Waals surface area contributed by atoms with Gasteiger partial charge in [0.2, 0.25) is 5.91 Å². The summed E-state index contributed by atoms with van der Waals surface area (Å²) in [7, 11) is 0. The van der Waals surface area contributed by atoms with Crippen LogP contribution in [0.1, 0.15) is 23.2 Å². The van der Waals surface area contributed by atoms with Crippen LogP contribution in [-0.2, 0) is 17.9 Å². The summed E-state index contributed by atoms with van der Waals surface area (Å²) in [5.74, 6) is -0.235. The van der Waals surface area contributed by atoms with Gasteiger partial charge in [0, 0.05) is 70.3 Å². The van der Waals surface area contributed by atoms with Gasteiger partial charge in [0.05, 0.1) is 17.4 Å². The van der Waals surface area contributed by atoms with E-state index in [0.29, 0.717) is 13.0 Å². The Morgan fingerprint density at radius 3 is 2.38 bits per heavy atom. The van der Waals surface area contributed by atoms with E-state index in [2.05, 4.69) is 49.5 Å². The predicted octanol–water partition coefficient (Wildman–Crippen LogP) is 1.80. The fraction of sp³-hybridized carbons (Fsp3) is 0.391. The quantitative estimate of drug-likeness (QED) is 0.661. The second-order valence-electron chi connectivity index (χ2n) is 8.51. The van der Waals surface area contributed by atoms with Gasteiger partial charge in [0.15, 0.2) is 0 Å². The summed E-state index contributed by atoms with van der Waals surface area (Å²) in [5, 5.41) is 6.76. The lowest BCUT2D eigenvalue weighted by Crippen LogP contribution is -2.49. The highest BCUT2D eigenvalue weighted by atomic mass is 16.2. The highest BCUT2D eigenvalue weighted by molar-refractivity contribution is 6.07. The number of amides is 3. The molecule has 5 heterocycles. The topological polar surface area (TPSA) is 86.1 Å². The second-order valence-corrected chi connectivity index (χ2v) is 8.51. The summed E-state index contributed by atoms with van der Waals surface area (Å²) in [4.78, 5) is 34.7. The van der Waals surface area contributed by atoms with Crippen molar-refractivity contribution in [3.63, 3.8) is 0 Å². The number of hydrogen-bond donors (Lipinski definition) is 1. The van der Waals surface area contributed by atoms with E-state index < -0.39 is 0 Å². The maximum Gasteiger partial charge on any atom is 0.328 e. The van der Waals surface area contributed by atoms with Crippen molar-refractivity contribution in [2.75, 3.05) is 37.6 Å². The van der Waals surface area contributed by atoms with Gasteiger partial charge < -0.3 is 0 Å². The molecule has 0 saturated carbocycles. The first-order valence-corrected chi connectivity index (χ1v) is 11.0. The number of aromatic nitrogens is 3. The molecule has 32 heavy (non-hydrogen) atoms. The van der Waals surface area contributed by atoms with Gasteiger partial charge in [-0.2, -0.15) is 5.10 Å². The number of hydrogen-bond acceptors (Lipinski definition) is 6. The Balaban J connectivity index is 1.23. The fourth-order valence-electron chi connectivity index (χ4n) is 4.33. The maximum absolute atomic E-state index is 12.3. The van der Waals surface area contributed by atoms with E-state index in [-0.39, 0.29) is 11.9 Å². The SMILES string of the molecule is Cc1ccc(CN2CCN(Cc3ccn4ncc(N5CCC(=O)NC5=O)c4c3)CC2)cn1. The van der Waals surface area contributed by atoms with Crippen molar-refractivity contribution in [3.05, 3.63) is 59.7 Å². The zero-order valence-electron chi connectivity index (χ0n) is 18.2. The minimum Gasteiger partial charge on any atom is -0.297 e. The Labute approximate surface area is 186 Å². The smallest absolute Gasteiger partial charge is 0.297 e. The van der Waals surface area contributed by atoms with E-state index >= 15 is 0 Å². The second kappa shape index (κ2) is 8.68. The van der Waals surface area contributed by atoms with E-state index in [1.54, 1.807) is 15.6 Å². The summed E-state index contributed by atoms with van der Waals surface area (Å²) in [6, 6.07) is 8.01. The molecule has 0 unspecified atom stereocenters. The minimum atomic E-state index is -0.388. The molecule has 2 aliphatic rings. The highest BCUT2D eigenvalue weighted by Crippen LogP contribution is 2.24. The monoisotopic (exact) mass is 433 g/mol. The Bertz CT molecular complexity index is 1130. The van der Waals surface area contributed by atoms with Gasteiger partial charge in [-0.1, -0.05) is 6.07 Å². The first kappa shape index (κ1) is 20.6. The van der Waals surface area contributed by atoms with Crippen molar-refractivity contribution in [3.8, 4) is 0 Å². The number of aryl methyl sites for hydroxylation is 1. The molecule has 0 atom stereocenters. The lowest BCUT2D eigenvalue weighted by Gasteiger charge is -2.34. The summed E-state index contributed by atoms with van der Waals surface area (Å²) in [5.41, 5.74) is 5.09. The summed E-state index contributed by atoms with van der Waals surface area (Å²) >= 11 is 0. The summed E-state index contributed by atoms with van der Waals surface area (Å²) in [6.07, 6.45) is 5.89. The molecular formula is C23H27N7O2. The molecule has 2 aliphatic heterocycles. The van der Waals surface area contributed by atoms with Crippen molar-refractivity contribution in [1.82, 2.24) is 29.7 Å². The lowest BCUT2D eigenvalue weighted by molar-refractivity contribution is -0.120. The highest BCUT2D eigenvalue weighted by Gasteiger charge is 2.26. The van der Waals surface area contributed by atoms with E-state index in [0.717, 1.165) is 56.2 Å². The Morgan fingerprint density at radius 1 is 0.938 bits per heavy atom. The summed E-state index contributed by atoms with van der Waals surface area (Å²) in [6.45, 7) is 8.23. The summed E-state index contributed by atoms with van der Waals surface area (Å²) < 4.78 is 1.77. The Morgan fingerprint density at radius 2 is 1.69 bits per heavy atom. The molecule has 2 fully saturated rings. The van der Waals surface area contributed by atoms with Crippen LogP contribution in [0.3, 0.4) is 0 Å². The van der Waals surface area contributed by atoms with E-state index in [4.69, 9.17) is 0 Å². The molecule has 166 valence electrons. The molecule has 0 radical (unpaired) electrons. The molecule has 9 nitrogen and oxygen atoms in total. The van der Waals surface area contributed by atoms with Crippen molar-refractivity contribution < 1.29 is 9.59 Å². The Kier molecular flexibility index (Phi) is 5.59. The number of pyridine rings is 2. The van der Waals surface area contributed by atoms with Crippen LogP contribution in [0.5, 0.6) is 0 Å². The number of piperazine rings is 1. The molecule has 2 saturated heterocycles. The van der Waals surface area contributed by atoms with Gasteiger partial charge >= 0.3 is 6.03 Å². The average Bonchev–Trinajstić information content (AvgIpc) is 3.20. The molecule has 0 bridgehead atoms. The van der Waals surface area contributed by atoms with Crippen LogP contribution >= 0.6 is 0 Å². The van der Waals surface area contributed by atoms with Crippen molar-refractivity contribution >= 4 is 23.1 Å². The molecule has 3 aromatic heterocycles. The van der Waals surface area contributed by atoms with Gasteiger partial charge in [-0.05, 0) is 36.2 Å².